The molecule has 2 aliphatic heterocycles. The lowest BCUT2D eigenvalue weighted by Gasteiger charge is -2.37. The Hall–Kier alpha value is -4.39. The first-order valence-electron chi connectivity index (χ1n) is 11.5. The van der Waals surface area contributed by atoms with Gasteiger partial charge in [0, 0.05) is 18.5 Å². The molecule has 0 aliphatic carbocycles. The summed E-state index contributed by atoms with van der Waals surface area (Å²) in [6.45, 7) is 3.78. The molecule has 1 fully saturated rings. The van der Waals surface area contributed by atoms with Crippen LogP contribution in [0.2, 0.25) is 0 Å². The fraction of sp³-hybridized carbons (Fsp3) is 0.280. The lowest BCUT2D eigenvalue weighted by molar-refractivity contribution is 0.107. The first kappa shape index (κ1) is 21.2. The molecule has 6 rings (SSSR count). The number of halogens is 1. The Morgan fingerprint density at radius 1 is 1.26 bits per heavy atom. The largest absolute Gasteiger partial charge is 0.505 e. The Kier molecular flexibility index (Phi) is 4.74. The van der Waals surface area contributed by atoms with Crippen molar-refractivity contribution in [2.75, 3.05) is 13.1 Å². The molecule has 9 nitrogen and oxygen atoms in total. The van der Waals surface area contributed by atoms with Crippen molar-refractivity contribution in [1.29, 1.82) is 5.26 Å². The van der Waals surface area contributed by atoms with Gasteiger partial charge in [-0.25, -0.2) is 14.2 Å². The van der Waals surface area contributed by atoms with E-state index in [1.54, 1.807) is 9.80 Å². The number of aromatic hydroxyl groups is 1. The van der Waals surface area contributed by atoms with Crippen molar-refractivity contribution in [1.82, 2.24) is 30.0 Å². The summed E-state index contributed by atoms with van der Waals surface area (Å²) in [6, 6.07) is 10.7. The van der Waals surface area contributed by atoms with Crippen LogP contribution in [0, 0.1) is 23.1 Å². The zero-order valence-electron chi connectivity index (χ0n) is 19.0. The third-order valence-corrected chi connectivity index (χ3v) is 6.81. The van der Waals surface area contributed by atoms with Gasteiger partial charge >= 0.3 is 6.03 Å². The topological polar surface area (TPSA) is 125 Å². The molecule has 0 bridgehead atoms. The molecule has 10 heteroatoms. The predicted octanol–water partition coefficient (Wildman–Crippen LogP) is 3.92. The molecule has 4 aromatic rings. The van der Waals surface area contributed by atoms with Crippen LogP contribution in [0.1, 0.15) is 23.9 Å². The number of aromatic nitrogens is 4. The summed E-state index contributed by atoms with van der Waals surface area (Å²) in [5, 5.41) is 27.0. The van der Waals surface area contributed by atoms with E-state index >= 15 is 0 Å². The average molecular weight is 471 g/mol. The number of nitrogens with zero attached hydrogens (tertiary/aromatic N) is 5. The number of nitrogens with one attached hydrogen (secondary N) is 2. The zero-order chi connectivity index (χ0) is 24.3. The number of likely N-dealkylation sites (tertiary alicyclic amines) is 1. The number of benzene rings is 2. The zero-order valence-corrected chi connectivity index (χ0v) is 19.0. The average Bonchev–Trinajstić information content (AvgIpc) is 3.52. The number of aromatic amines is 2. The smallest absolute Gasteiger partial charge is 0.320 e. The molecule has 35 heavy (non-hydrogen) atoms. The summed E-state index contributed by atoms with van der Waals surface area (Å²) < 4.78 is 14.1. The van der Waals surface area contributed by atoms with Crippen LogP contribution in [-0.4, -0.2) is 54.2 Å². The van der Waals surface area contributed by atoms with Crippen LogP contribution >= 0.6 is 0 Å². The van der Waals surface area contributed by atoms with E-state index in [4.69, 9.17) is 10.2 Å². The van der Waals surface area contributed by atoms with Gasteiger partial charge in [0.15, 0.2) is 17.4 Å². The number of hydrogen-bond donors (Lipinski definition) is 3. The molecule has 2 aromatic carbocycles. The highest BCUT2D eigenvalue weighted by Crippen LogP contribution is 2.34. The van der Waals surface area contributed by atoms with Gasteiger partial charge in [0.2, 0.25) is 0 Å². The highest BCUT2D eigenvalue weighted by atomic mass is 19.1. The summed E-state index contributed by atoms with van der Waals surface area (Å²) in [5.74, 6) is -0.448. The van der Waals surface area contributed by atoms with Gasteiger partial charge < -0.3 is 19.9 Å². The molecular formula is C25H22FN7O2. The molecule has 176 valence electrons. The highest BCUT2D eigenvalue weighted by Gasteiger charge is 2.36. The van der Waals surface area contributed by atoms with Crippen LogP contribution in [0.25, 0.3) is 33.5 Å². The van der Waals surface area contributed by atoms with Crippen LogP contribution in [0.5, 0.6) is 5.75 Å². The second kappa shape index (κ2) is 7.84. The van der Waals surface area contributed by atoms with Crippen molar-refractivity contribution in [3.63, 3.8) is 0 Å². The molecule has 4 heterocycles. The van der Waals surface area contributed by atoms with Crippen LogP contribution in [0.4, 0.5) is 9.18 Å². The fourth-order valence-corrected chi connectivity index (χ4v) is 4.83. The third kappa shape index (κ3) is 3.39. The van der Waals surface area contributed by atoms with Crippen molar-refractivity contribution in [3.8, 4) is 34.5 Å². The molecule has 0 atom stereocenters. The molecule has 2 amide bonds. The molecule has 0 unspecified atom stereocenters. The molecule has 3 N–H and O–H groups in total. The van der Waals surface area contributed by atoms with Gasteiger partial charge in [-0.15, -0.1) is 0 Å². The van der Waals surface area contributed by atoms with Crippen molar-refractivity contribution >= 4 is 16.9 Å². The van der Waals surface area contributed by atoms with Gasteiger partial charge in [0.05, 0.1) is 42.0 Å². The lowest BCUT2D eigenvalue weighted by Crippen LogP contribution is -2.53. The van der Waals surface area contributed by atoms with E-state index in [1.165, 1.54) is 12.1 Å². The number of amides is 2. The number of urea groups is 1. The number of rotatable bonds is 3. The second-order valence-electron chi connectivity index (χ2n) is 9.03. The molecular weight excluding hydrogens is 449 g/mol. The van der Waals surface area contributed by atoms with Gasteiger partial charge in [-0.1, -0.05) is 13.0 Å². The predicted molar refractivity (Wildman–Crippen MR) is 125 cm³/mol. The van der Waals surface area contributed by atoms with E-state index in [0.717, 1.165) is 39.0 Å². The molecule has 1 saturated heterocycles. The number of hydrogen-bond acceptors (Lipinski definition) is 5. The number of carbonyl (C=O) groups is 1. The van der Waals surface area contributed by atoms with E-state index in [9.17, 15) is 14.3 Å². The number of nitriles is 1. The van der Waals surface area contributed by atoms with Gasteiger partial charge in [-0.3, -0.25) is 5.10 Å². The van der Waals surface area contributed by atoms with E-state index in [0.29, 0.717) is 44.1 Å². The Morgan fingerprint density at radius 3 is 2.83 bits per heavy atom. The van der Waals surface area contributed by atoms with Gasteiger partial charge in [-0.2, -0.15) is 10.4 Å². The molecule has 2 aliphatic rings. The fourth-order valence-electron chi connectivity index (χ4n) is 4.83. The van der Waals surface area contributed by atoms with Crippen molar-refractivity contribution in [2.45, 2.75) is 26.4 Å². The summed E-state index contributed by atoms with van der Waals surface area (Å²) in [6.07, 6.45) is 0.656. The highest BCUT2D eigenvalue weighted by molar-refractivity contribution is 5.94. The number of imidazole rings is 1. The first-order valence-corrected chi connectivity index (χ1v) is 11.5. The molecule has 0 radical (unpaired) electrons. The first-order chi connectivity index (χ1) is 16.9. The normalized spacial score (nSPS) is 15.3. The summed E-state index contributed by atoms with van der Waals surface area (Å²) in [5.41, 5.74) is 5.55. The standard InChI is InChI=1S/C25H22FN7O2/c1-2-14-6-22(34)18(26)7-17(14)15-3-4-16-19(5-15)30-31-23(16)24-28-20-11-33(12-21(20)29-24)25(35)32-9-13(8-27)10-32/h3-7,13,34H,2,9-12H2,1H3,(H,28,29)(H,30,31). The number of phenolic OH excluding ortho intramolecular Hbond substituents is 1. The Labute approximate surface area is 199 Å². The van der Waals surface area contributed by atoms with Gasteiger partial charge in [0.1, 0.15) is 5.69 Å². The van der Waals surface area contributed by atoms with Crippen LogP contribution < -0.4 is 0 Å². The number of aryl methyl sites for hydroxylation is 1. The van der Waals surface area contributed by atoms with Crippen LogP contribution in [0.3, 0.4) is 0 Å². The minimum absolute atomic E-state index is 0.0701. The Morgan fingerprint density at radius 2 is 2.09 bits per heavy atom. The van der Waals surface area contributed by atoms with E-state index < -0.39 is 5.82 Å². The minimum Gasteiger partial charge on any atom is -0.505 e. The van der Waals surface area contributed by atoms with Crippen molar-refractivity contribution in [2.24, 2.45) is 5.92 Å². The lowest BCUT2D eigenvalue weighted by atomic mass is 9.96. The Balaban J connectivity index is 1.25. The van der Waals surface area contributed by atoms with Gasteiger partial charge in [0.25, 0.3) is 0 Å². The quantitative estimate of drug-likeness (QED) is 0.418. The monoisotopic (exact) mass is 471 g/mol. The minimum atomic E-state index is -0.654. The maximum absolute atomic E-state index is 14.1. The second-order valence-corrected chi connectivity index (χ2v) is 9.03. The van der Waals surface area contributed by atoms with E-state index in [2.05, 4.69) is 21.3 Å². The molecule has 2 aromatic heterocycles. The maximum atomic E-state index is 14.1. The summed E-state index contributed by atoms with van der Waals surface area (Å²) >= 11 is 0. The van der Waals surface area contributed by atoms with Crippen molar-refractivity contribution < 1.29 is 14.3 Å². The maximum Gasteiger partial charge on any atom is 0.320 e. The summed E-state index contributed by atoms with van der Waals surface area (Å²) in [4.78, 5) is 24.0. The third-order valence-electron chi connectivity index (χ3n) is 6.81. The SMILES string of the molecule is CCc1cc(O)c(F)cc1-c1ccc2c(-c3nc4c([nH]3)CN(C(=O)N3CC(C#N)C3)C4)n[nH]c2c1. The van der Waals surface area contributed by atoms with Crippen molar-refractivity contribution in [3.05, 3.63) is 53.1 Å². The summed E-state index contributed by atoms with van der Waals surface area (Å²) in [7, 11) is 0. The van der Waals surface area contributed by atoms with Crippen LogP contribution in [-0.2, 0) is 19.5 Å². The molecule has 0 spiro atoms. The van der Waals surface area contributed by atoms with E-state index in [-0.39, 0.29) is 17.7 Å². The number of carbonyl (C=O) groups excluding carboxylic acids is 1. The van der Waals surface area contributed by atoms with Gasteiger partial charge in [-0.05, 0) is 47.4 Å². The van der Waals surface area contributed by atoms with E-state index in [1.807, 2.05) is 25.1 Å². The Bertz CT molecular complexity index is 1500. The molecule has 0 saturated carbocycles. The number of phenols is 1. The number of H-pyrrole nitrogens is 2. The van der Waals surface area contributed by atoms with Crippen LogP contribution in [0.15, 0.2) is 30.3 Å². The number of fused-ring (bicyclic) bond motifs is 2.